The largest absolute Gasteiger partial charge is 0.493 e. The smallest absolute Gasteiger partial charge is 0.222 e. The third-order valence-electron chi connectivity index (χ3n) is 1.97. The summed E-state index contributed by atoms with van der Waals surface area (Å²) in [6, 6.07) is 3.94. The molecular formula is C10H10N2OS. The van der Waals surface area contributed by atoms with Crippen molar-refractivity contribution in [1.29, 1.82) is 0 Å². The summed E-state index contributed by atoms with van der Waals surface area (Å²) >= 11 is 1.41. The number of thiazole rings is 1. The van der Waals surface area contributed by atoms with Crippen molar-refractivity contribution in [1.82, 2.24) is 9.97 Å². The maximum atomic E-state index is 9.15. The Morgan fingerprint density at radius 1 is 1.50 bits per heavy atom. The van der Waals surface area contributed by atoms with Gasteiger partial charge in [0, 0.05) is 6.20 Å². The van der Waals surface area contributed by atoms with Gasteiger partial charge in [-0.25, -0.2) is 4.98 Å². The second-order valence-electron chi connectivity index (χ2n) is 2.88. The molecule has 0 aliphatic rings. The minimum Gasteiger partial charge on any atom is -0.493 e. The molecule has 0 saturated carbocycles. The van der Waals surface area contributed by atoms with Gasteiger partial charge in [0.1, 0.15) is 10.7 Å². The lowest BCUT2D eigenvalue weighted by Crippen LogP contribution is -1.89. The zero-order valence-corrected chi connectivity index (χ0v) is 8.58. The van der Waals surface area contributed by atoms with Crippen LogP contribution in [0.5, 0.6) is 5.88 Å². The molecule has 14 heavy (non-hydrogen) atoms. The van der Waals surface area contributed by atoms with Crippen LogP contribution in [-0.4, -0.2) is 15.1 Å². The van der Waals surface area contributed by atoms with Gasteiger partial charge in [0.15, 0.2) is 0 Å². The summed E-state index contributed by atoms with van der Waals surface area (Å²) in [5.41, 5.74) is 2.03. The fourth-order valence-electron chi connectivity index (χ4n) is 1.29. The molecule has 0 atom stereocenters. The first kappa shape index (κ1) is 9.15. The molecule has 0 aliphatic heterocycles. The standard InChI is InChI=1S/C10H10N2OS/c1-2-7-4-3-5-11-9(7)10-12-8(13)6-14-10/h3-6,13H,2H2,1H3. The SMILES string of the molecule is CCc1cccnc1-c1nc(O)cs1. The quantitative estimate of drug-likeness (QED) is 0.821. The average molecular weight is 206 g/mol. The molecule has 0 aromatic carbocycles. The van der Waals surface area contributed by atoms with Crippen molar-refractivity contribution in [2.24, 2.45) is 0 Å². The van der Waals surface area contributed by atoms with E-state index in [0.717, 1.165) is 22.7 Å². The van der Waals surface area contributed by atoms with Crippen LogP contribution in [0, 0.1) is 0 Å². The van der Waals surface area contributed by atoms with E-state index in [1.54, 1.807) is 11.6 Å². The van der Waals surface area contributed by atoms with Crippen LogP contribution in [0.4, 0.5) is 0 Å². The van der Waals surface area contributed by atoms with Crippen molar-refractivity contribution in [2.75, 3.05) is 0 Å². The summed E-state index contributed by atoms with van der Waals surface area (Å²) in [6.45, 7) is 2.08. The van der Waals surface area contributed by atoms with E-state index in [-0.39, 0.29) is 5.88 Å². The maximum absolute atomic E-state index is 9.15. The molecule has 0 bridgehead atoms. The van der Waals surface area contributed by atoms with E-state index in [1.165, 1.54) is 11.3 Å². The Bertz CT molecular complexity index is 439. The minimum absolute atomic E-state index is 0.0673. The van der Waals surface area contributed by atoms with Crippen LogP contribution in [-0.2, 0) is 6.42 Å². The monoisotopic (exact) mass is 206 g/mol. The molecule has 2 aromatic rings. The zero-order chi connectivity index (χ0) is 9.97. The molecule has 0 radical (unpaired) electrons. The number of aromatic nitrogens is 2. The highest BCUT2D eigenvalue weighted by Crippen LogP contribution is 2.27. The van der Waals surface area contributed by atoms with E-state index in [0.29, 0.717) is 0 Å². The fourth-order valence-corrected chi connectivity index (χ4v) is 2.00. The number of hydrogen-bond donors (Lipinski definition) is 1. The van der Waals surface area contributed by atoms with Crippen LogP contribution < -0.4 is 0 Å². The topological polar surface area (TPSA) is 46.0 Å². The number of aromatic hydroxyl groups is 1. The van der Waals surface area contributed by atoms with Crippen LogP contribution >= 0.6 is 11.3 Å². The summed E-state index contributed by atoms with van der Waals surface area (Å²) in [6.07, 6.45) is 2.66. The van der Waals surface area contributed by atoms with Gasteiger partial charge < -0.3 is 5.11 Å². The first-order chi connectivity index (χ1) is 6.81. The molecule has 0 unspecified atom stereocenters. The Balaban J connectivity index is 2.50. The molecule has 4 heteroatoms. The van der Waals surface area contributed by atoms with Crippen LogP contribution in [0.1, 0.15) is 12.5 Å². The molecule has 1 N–H and O–H groups in total. The van der Waals surface area contributed by atoms with Crippen molar-refractivity contribution in [2.45, 2.75) is 13.3 Å². The van der Waals surface area contributed by atoms with Gasteiger partial charge in [-0.1, -0.05) is 13.0 Å². The second-order valence-corrected chi connectivity index (χ2v) is 3.73. The normalized spacial score (nSPS) is 10.4. The van der Waals surface area contributed by atoms with Crippen molar-refractivity contribution in [3.8, 4) is 16.6 Å². The zero-order valence-electron chi connectivity index (χ0n) is 7.77. The van der Waals surface area contributed by atoms with Crippen LogP contribution in [0.25, 0.3) is 10.7 Å². The first-order valence-corrected chi connectivity index (χ1v) is 5.28. The lowest BCUT2D eigenvalue weighted by molar-refractivity contribution is 0.458. The van der Waals surface area contributed by atoms with Gasteiger partial charge in [-0.05, 0) is 18.1 Å². The third kappa shape index (κ3) is 1.61. The molecule has 0 aliphatic carbocycles. The van der Waals surface area contributed by atoms with Crippen LogP contribution in [0.2, 0.25) is 0 Å². The van der Waals surface area contributed by atoms with E-state index in [9.17, 15) is 0 Å². The molecule has 0 spiro atoms. The lowest BCUT2D eigenvalue weighted by atomic mass is 10.1. The number of rotatable bonds is 2. The molecular weight excluding hydrogens is 196 g/mol. The molecule has 0 saturated heterocycles. The second kappa shape index (κ2) is 3.75. The van der Waals surface area contributed by atoms with E-state index in [2.05, 4.69) is 16.9 Å². The van der Waals surface area contributed by atoms with Gasteiger partial charge in [-0.3, -0.25) is 4.98 Å². The van der Waals surface area contributed by atoms with Crippen LogP contribution in [0.3, 0.4) is 0 Å². The van der Waals surface area contributed by atoms with Crippen molar-refractivity contribution in [3.63, 3.8) is 0 Å². The predicted octanol–water partition coefficient (Wildman–Crippen LogP) is 2.47. The lowest BCUT2D eigenvalue weighted by Gasteiger charge is -2.01. The molecule has 0 amide bonds. The van der Waals surface area contributed by atoms with Gasteiger partial charge in [0.05, 0.1) is 5.38 Å². The minimum atomic E-state index is 0.0673. The van der Waals surface area contributed by atoms with Crippen LogP contribution in [0.15, 0.2) is 23.7 Å². The average Bonchev–Trinajstić information content (AvgIpc) is 2.65. The highest BCUT2D eigenvalue weighted by Gasteiger charge is 2.08. The van der Waals surface area contributed by atoms with Crippen molar-refractivity contribution >= 4 is 11.3 Å². The van der Waals surface area contributed by atoms with Crippen molar-refractivity contribution in [3.05, 3.63) is 29.3 Å². The Hall–Kier alpha value is -1.42. The summed E-state index contributed by atoms with van der Waals surface area (Å²) < 4.78 is 0. The number of hydrogen-bond acceptors (Lipinski definition) is 4. The Morgan fingerprint density at radius 3 is 3.00 bits per heavy atom. The molecule has 72 valence electrons. The van der Waals surface area contributed by atoms with E-state index < -0.39 is 0 Å². The maximum Gasteiger partial charge on any atom is 0.222 e. The van der Waals surface area contributed by atoms with Gasteiger partial charge >= 0.3 is 0 Å². The summed E-state index contributed by atoms with van der Waals surface area (Å²) in [5.74, 6) is 0.0673. The highest BCUT2D eigenvalue weighted by atomic mass is 32.1. The van der Waals surface area contributed by atoms with E-state index in [4.69, 9.17) is 5.11 Å². The first-order valence-electron chi connectivity index (χ1n) is 4.40. The Kier molecular flexibility index (Phi) is 2.45. The highest BCUT2D eigenvalue weighted by molar-refractivity contribution is 7.13. The van der Waals surface area contributed by atoms with Gasteiger partial charge in [-0.15, -0.1) is 11.3 Å². The Labute approximate surface area is 86.1 Å². The number of nitrogens with zero attached hydrogens (tertiary/aromatic N) is 2. The summed E-state index contributed by atoms with van der Waals surface area (Å²) in [5, 5.41) is 11.5. The number of aryl methyl sites for hydroxylation is 1. The number of pyridine rings is 1. The third-order valence-corrected chi connectivity index (χ3v) is 2.80. The van der Waals surface area contributed by atoms with Crippen molar-refractivity contribution < 1.29 is 5.11 Å². The van der Waals surface area contributed by atoms with E-state index >= 15 is 0 Å². The van der Waals surface area contributed by atoms with Gasteiger partial charge in [0.25, 0.3) is 0 Å². The molecule has 3 nitrogen and oxygen atoms in total. The molecule has 2 aromatic heterocycles. The molecule has 2 heterocycles. The Morgan fingerprint density at radius 2 is 2.36 bits per heavy atom. The van der Waals surface area contributed by atoms with Gasteiger partial charge in [-0.2, -0.15) is 0 Å². The predicted molar refractivity (Wildman–Crippen MR) is 56.4 cm³/mol. The molecule has 2 rings (SSSR count). The summed E-state index contributed by atoms with van der Waals surface area (Å²) in [7, 11) is 0. The summed E-state index contributed by atoms with van der Waals surface area (Å²) in [4.78, 5) is 8.27. The molecule has 0 fully saturated rings. The van der Waals surface area contributed by atoms with Gasteiger partial charge in [0.2, 0.25) is 5.88 Å². The fraction of sp³-hybridized carbons (Fsp3) is 0.200. The van der Waals surface area contributed by atoms with E-state index in [1.807, 2.05) is 12.1 Å².